The third-order valence-electron chi connectivity index (χ3n) is 3.14. The topological polar surface area (TPSA) is 27.1 Å². The number of hydrogen-bond acceptors (Lipinski definition) is 2. The number of fused-ring (bicyclic) bond motifs is 1. The molecule has 0 saturated carbocycles. The van der Waals surface area contributed by atoms with Gasteiger partial charge in [0, 0.05) is 16.8 Å². The smallest absolute Gasteiger partial charge is 0.129 e. The van der Waals surface area contributed by atoms with Crippen molar-refractivity contribution in [1.29, 1.82) is 0 Å². The summed E-state index contributed by atoms with van der Waals surface area (Å²) in [6.45, 7) is 0. The maximum absolute atomic E-state index is 6.02. The van der Waals surface area contributed by atoms with E-state index >= 15 is 0 Å². The minimum Gasteiger partial charge on any atom is -0.497 e. The first-order valence-corrected chi connectivity index (χ1v) is 7.01. The van der Waals surface area contributed by atoms with Crippen molar-refractivity contribution in [3.63, 3.8) is 0 Å². The highest BCUT2D eigenvalue weighted by atomic mass is 35.5. The highest BCUT2D eigenvalue weighted by Crippen LogP contribution is 2.26. The number of halogens is 2. The summed E-state index contributed by atoms with van der Waals surface area (Å²) >= 11 is 12.0. The highest BCUT2D eigenvalue weighted by Gasteiger charge is 2.12. The van der Waals surface area contributed by atoms with Crippen LogP contribution in [0, 0.1) is 0 Å². The molecule has 0 fully saturated rings. The number of imidazole rings is 1. The van der Waals surface area contributed by atoms with Gasteiger partial charge in [-0.3, -0.25) is 4.57 Å². The monoisotopic (exact) mass is 306 g/mol. The third kappa shape index (κ3) is 2.23. The van der Waals surface area contributed by atoms with E-state index in [2.05, 4.69) is 4.98 Å². The summed E-state index contributed by atoms with van der Waals surface area (Å²) in [5.74, 6) is 1.90. The Balaban J connectivity index is 2.25. The van der Waals surface area contributed by atoms with Crippen LogP contribution < -0.4 is 4.74 Å². The first kappa shape index (κ1) is 13.3. The molecule has 3 rings (SSSR count). The van der Waals surface area contributed by atoms with Crippen molar-refractivity contribution in [3.05, 3.63) is 53.3 Å². The van der Waals surface area contributed by atoms with Gasteiger partial charge in [0.2, 0.25) is 0 Å². The second kappa shape index (κ2) is 5.35. The summed E-state index contributed by atoms with van der Waals surface area (Å²) in [4.78, 5) is 4.56. The van der Waals surface area contributed by atoms with Crippen molar-refractivity contribution in [1.82, 2.24) is 9.55 Å². The third-order valence-corrected chi connectivity index (χ3v) is 3.63. The first-order chi connectivity index (χ1) is 9.72. The van der Waals surface area contributed by atoms with Crippen molar-refractivity contribution in [3.8, 4) is 11.4 Å². The molecule has 0 bridgehead atoms. The van der Waals surface area contributed by atoms with Gasteiger partial charge >= 0.3 is 0 Å². The summed E-state index contributed by atoms with van der Waals surface area (Å²) in [5, 5.41) is 0.701. The number of benzene rings is 2. The van der Waals surface area contributed by atoms with Crippen LogP contribution in [-0.2, 0) is 5.88 Å². The minimum atomic E-state index is 0.333. The zero-order valence-electron chi connectivity index (χ0n) is 10.8. The van der Waals surface area contributed by atoms with E-state index in [4.69, 9.17) is 27.9 Å². The summed E-state index contributed by atoms with van der Waals surface area (Å²) in [6, 6.07) is 13.4. The second-order valence-electron chi connectivity index (χ2n) is 4.33. The van der Waals surface area contributed by atoms with E-state index in [1.165, 1.54) is 0 Å². The standard InChI is InChI=1S/C15H12Cl2N2O/c1-20-12-6-7-14-13(8-12)18-15(9-16)19(14)11-4-2-10(17)3-5-11/h2-8H,9H2,1H3. The molecule has 3 nitrogen and oxygen atoms in total. The Bertz CT molecular complexity index is 750. The van der Waals surface area contributed by atoms with E-state index in [-0.39, 0.29) is 0 Å². The molecule has 20 heavy (non-hydrogen) atoms. The predicted molar refractivity (Wildman–Crippen MR) is 82.2 cm³/mol. The molecule has 0 unspecified atom stereocenters. The van der Waals surface area contributed by atoms with Gasteiger partial charge < -0.3 is 4.74 Å². The molecule has 0 aliphatic rings. The van der Waals surface area contributed by atoms with Crippen LogP contribution in [0.5, 0.6) is 5.75 Å². The van der Waals surface area contributed by atoms with Gasteiger partial charge in [-0.2, -0.15) is 0 Å². The Kier molecular flexibility index (Phi) is 3.55. The van der Waals surface area contributed by atoms with E-state index in [0.717, 1.165) is 28.3 Å². The zero-order valence-corrected chi connectivity index (χ0v) is 12.3. The van der Waals surface area contributed by atoms with Crippen molar-refractivity contribution in [2.75, 3.05) is 7.11 Å². The number of ether oxygens (including phenoxy) is 1. The lowest BCUT2D eigenvalue weighted by atomic mass is 10.2. The van der Waals surface area contributed by atoms with Crippen LogP contribution in [0.4, 0.5) is 0 Å². The Morgan fingerprint density at radius 3 is 2.55 bits per heavy atom. The molecule has 0 aliphatic carbocycles. The lowest BCUT2D eigenvalue weighted by molar-refractivity contribution is 0.415. The molecular formula is C15H12Cl2N2O. The first-order valence-electron chi connectivity index (χ1n) is 6.10. The molecule has 5 heteroatoms. The van der Waals surface area contributed by atoms with E-state index in [1.807, 2.05) is 47.0 Å². The number of hydrogen-bond donors (Lipinski definition) is 0. The van der Waals surface area contributed by atoms with Gasteiger partial charge in [-0.25, -0.2) is 4.98 Å². The zero-order chi connectivity index (χ0) is 14.1. The maximum atomic E-state index is 6.02. The summed E-state index contributed by atoms with van der Waals surface area (Å²) in [6.07, 6.45) is 0. The molecule has 0 aliphatic heterocycles. The fraction of sp³-hybridized carbons (Fsp3) is 0.133. The van der Waals surface area contributed by atoms with Gasteiger partial charge in [0.1, 0.15) is 11.6 Å². The van der Waals surface area contributed by atoms with Crippen LogP contribution in [0.2, 0.25) is 5.02 Å². The van der Waals surface area contributed by atoms with Crippen LogP contribution in [0.3, 0.4) is 0 Å². The van der Waals surface area contributed by atoms with Crippen molar-refractivity contribution < 1.29 is 4.74 Å². The van der Waals surface area contributed by atoms with Gasteiger partial charge in [0.05, 0.1) is 24.0 Å². The van der Waals surface area contributed by atoms with Crippen molar-refractivity contribution in [2.24, 2.45) is 0 Å². The molecule has 1 aromatic heterocycles. The molecule has 0 atom stereocenters. The summed E-state index contributed by atoms with van der Waals surface area (Å²) in [5.41, 5.74) is 2.83. The van der Waals surface area contributed by atoms with Crippen LogP contribution in [0.1, 0.15) is 5.82 Å². The van der Waals surface area contributed by atoms with E-state index in [9.17, 15) is 0 Å². The van der Waals surface area contributed by atoms with E-state index < -0.39 is 0 Å². The van der Waals surface area contributed by atoms with Crippen LogP contribution >= 0.6 is 23.2 Å². The van der Waals surface area contributed by atoms with E-state index in [1.54, 1.807) is 7.11 Å². The molecule has 102 valence electrons. The molecule has 0 radical (unpaired) electrons. The Hall–Kier alpha value is -1.71. The lowest BCUT2D eigenvalue weighted by Crippen LogP contribution is -1.98. The Morgan fingerprint density at radius 1 is 1.15 bits per heavy atom. The highest BCUT2D eigenvalue weighted by molar-refractivity contribution is 6.30. The number of aromatic nitrogens is 2. The van der Waals surface area contributed by atoms with Gasteiger partial charge in [0.15, 0.2) is 0 Å². The van der Waals surface area contributed by atoms with Crippen molar-refractivity contribution >= 4 is 34.2 Å². The maximum Gasteiger partial charge on any atom is 0.129 e. The van der Waals surface area contributed by atoms with Gasteiger partial charge in [-0.1, -0.05) is 11.6 Å². The van der Waals surface area contributed by atoms with Gasteiger partial charge in [-0.15, -0.1) is 11.6 Å². The molecule has 0 amide bonds. The molecular weight excluding hydrogens is 295 g/mol. The summed E-state index contributed by atoms with van der Waals surface area (Å²) < 4.78 is 7.25. The average molecular weight is 307 g/mol. The molecule has 2 aromatic carbocycles. The number of alkyl halides is 1. The van der Waals surface area contributed by atoms with Crippen LogP contribution in [0.15, 0.2) is 42.5 Å². The number of rotatable bonds is 3. The Morgan fingerprint density at radius 2 is 1.90 bits per heavy atom. The number of nitrogens with zero attached hydrogens (tertiary/aromatic N) is 2. The van der Waals surface area contributed by atoms with Gasteiger partial charge in [-0.05, 0) is 36.4 Å². The van der Waals surface area contributed by atoms with Crippen LogP contribution in [0.25, 0.3) is 16.7 Å². The lowest BCUT2D eigenvalue weighted by Gasteiger charge is -2.08. The fourth-order valence-electron chi connectivity index (χ4n) is 2.20. The minimum absolute atomic E-state index is 0.333. The quantitative estimate of drug-likeness (QED) is 0.669. The summed E-state index contributed by atoms with van der Waals surface area (Å²) in [7, 11) is 1.64. The van der Waals surface area contributed by atoms with Crippen LogP contribution in [-0.4, -0.2) is 16.7 Å². The molecule has 0 spiro atoms. The SMILES string of the molecule is COc1ccc2c(c1)nc(CCl)n2-c1ccc(Cl)cc1. The van der Waals surface area contributed by atoms with E-state index in [0.29, 0.717) is 10.9 Å². The number of methoxy groups -OCH3 is 1. The predicted octanol–water partition coefficient (Wildman–Crippen LogP) is 4.43. The van der Waals surface area contributed by atoms with Crippen molar-refractivity contribution in [2.45, 2.75) is 5.88 Å². The molecule has 0 N–H and O–H groups in total. The van der Waals surface area contributed by atoms with Gasteiger partial charge in [0.25, 0.3) is 0 Å². The second-order valence-corrected chi connectivity index (χ2v) is 5.03. The fourth-order valence-corrected chi connectivity index (χ4v) is 2.51. The molecule has 1 heterocycles. The molecule has 3 aromatic rings. The largest absolute Gasteiger partial charge is 0.497 e. The average Bonchev–Trinajstić information content (AvgIpc) is 2.85. The Labute approximate surface area is 126 Å². The molecule has 0 saturated heterocycles. The normalized spacial score (nSPS) is 10.9.